The molecule has 0 bridgehead atoms. The van der Waals surface area contributed by atoms with Crippen molar-refractivity contribution in [2.75, 3.05) is 32.0 Å². The van der Waals surface area contributed by atoms with E-state index >= 15 is 0 Å². The highest BCUT2D eigenvalue weighted by molar-refractivity contribution is 7.89. The normalized spacial score (nSPS) is 19.0. The molecule has 2 atom stereocenters. The van der Waals surface area contributed by atoms with Crippen molar-refractivity contribution in [3.05, 3.63) is 17.0 Å². The van der Waals surface area contributed by atoms with Crippen LogP contribution in [0, 0.1) is 13.8 Å². The fourth-order valence-corrected chi connectivity index (χ4v) is 4.48. The van der Waals surface area contributed by atoms with E-state index in [4.69, 9.17) is 4.74 Å². The zero-order valence-corrected chi connectivity index (χ0v) is 19.8. The average molecular weight is 443 g/mol. The van der Waals surface area contributed by atoms with E-state index in [1.165, 1.54) is 5.56 Å². The lowest BCUT2D eigenvalue weighted by atomic mass is 10.1. The Kier molecular flexibility index (Phi) is 9.57. The van der Waals surface area contributed by atoms with Gasteiger partial charge in [0, 0.05) is 38.5 Å². The summed E-state index contributed by atoms with van der Waals surface area (Å²) in [6.45, 7) is 10.1. The van der Waals surface area contributed by atoms with Crippen molar-refractivity contribution in [1.29, 1.82) is 0 Å². The van der Waals surface area contributed by atoms with E-state index < -0.39 is 10.0 Å². The van der Waals surface area contributed by atoms with Crippen LogP contribution in [0.25, 0.3) is 0 Å². The van der Waals surface area contributed by atoms with Crippen molar-refractivity contribution in [1.82, 2.24) is 25.1 Å². The molecular formula is C20H38N6O3S. The lowest BCUT2D eigenvalue weighted by molar-refractivity contribution is 0.0200. The minimum atomic E-state index is -3.38. The fourth-order valence-electron chi connectivity index (χ4n) is 3.56. The minimum Gasteiger partial charge on any atom is -0.377 e. The van der Waals surface area contributed by atoms with Crippen molar-refractivity contribution >= 4 is 16.0 Å². The number of aromatic nitrogens is 2. The SMILES string of the molecule is CCNC(=NCCS(=O)(=O)NCC1CCCCO1)NC(C)Cc1c(C)nn(C)c1C. The average Bonchev–Trinajstić information content (AvgIpc) is 2.93. The van der Waals surface area contributed by atoms with Gasteiger partial charge < -0.3 is 15.4 Å². The summed E-state index contributed by atoms with van der Waals surface area (Å²) in [5, 5.41) is 11.0. The summed E-state index contributed by atoms with van der Waals surface area (Å²) < 4.78 is 34.7. The lowest BCUT2D eigenvalue weighted by Crippen LogP contribution is -2.43. The molecule has 172 valence electrons. The summed E-state index contributed by atoms with van der Waals surface area (Å²) in [4.78, 5) is 4.45. The van der Waals surface area contributed by atoms with Crippen molar-refractivity contribution in [2.45, 2.75) is 65.5 Å². The van der Waals surface area contributed by atoms with Gasteiger partial charge in [0.15, 0.2) is 5.96 Å². The molecule has 0 spiro atoms. The molecule has 1 saturated heterocycles. The molecule has 9 nitrogen and oxygen atoms in total. The Morgan fingerprint density at radius 2 is 2.13 bits per heavy atom. The van der Waals surface area contributed by atoms with Gasteiger partial charge in [-0.1, -0.05) is 0 Å². The molecule has 2 unspecified atom stereocenters. The number of hydrogen-bond donors (Lipinski definition) is 3. The maximum absolute atomic E-state index is 12.3. The van der Waals surface area contributed by atoms with Crippen LogP contribution in [0.5, 0.6) is 0 Å². The molecule has 0 aliphatic carbocycles. The highest BCUT2D eigenvalue weighted by Gasteiger charge is 2.18. The van der Waals surface area contributed by atoms with Crippen LogP contribution >= 0.6 is 0 Å². The van der Waals surface area contributed by atoms with Gasteiger partial charge in [0.25, 0.3) is 0 Å². The molecule has 0 amide bonds. The first kappa shape index (κ1) is 24.6. The largest absolute Gasteiger partial charge is 0.377 e. The van der Waals surface area contributed by atoms with Gasteiger partial charge in [-0.15, -0.1) is 0 Å². The van der Waals surface area contributed by atoms with E-state index in [1.807, 2.05) is 25.6 Å². The number of hydrogen-bond acceptors (Lipinski definition) is 5. The smallest absolute Gasteiger partial charge is 0.213 e. The van der Waals surface area contributed by atoms with Crippen LogP contribution in [0.2, 0.25) is 0 Å². The number of aliphatic imine (C=N–C) groups is 1. The van der Waals surface area contributed by atoms with Crippen LogP contribution < -0.4 is 15.4 Å². The predicted octanol–water partition coefficient (Wildman–Crippen LogP) is 1.01. The molecule has 1 aliphatic rings. The summed E-state index contributed by atoms with van der Waals surface area (Å²) in [6, 6.07) is 0.127. The van der Waals surface area contributed by atoms with E-state index in [1.54, 1.807) is 0 Å². The third-order valence-electron chi connectivity index (χ3n) is 5.33. The van der Waals surface area contributed by atoms with Crippen molar-refractivity contribution < 1.29 is 13.2 Å². The zero-order valence-electron chi connectivity index (χ0n) is 19.0. The summed E-state index contributed by atoms with van der Waals surface area (Å²) in [6.07, 6.45) is 3.85. The van der Waals surface area contributed by atoms with Gasteiger partial charge in [-0.25, -0.2) is 13.1 Å². The van der Waals surface area contributed by atoms with Crippen molar-refractivity contribution in [2.24, 2.45) is 12.0 Å². The predicted molar refractivity (Wildman–Crippen MR) is 120 cm³/mol. The molecule has 1 aliphatic heterocycles. The monoisotopic (exact) mass is 442 g/mol. The third kappa shape index (κ3) is 7.88. The van der Waals surface area contributed by atoms with Crippen LogP contribution in [-0.4, -0.2) is 68.3 Å². The van der Waals surface area contributed by atoms with E-state index in [0.717, 1.165) is 37.1 Å². The maximum Gasteiger partial charge on any atom is 0.213 e. The second-order valence-corrected chi connectivity index (χ2v) is 9.87. The number of aryl methyl sites for hydroxylation is 2. The second-order valence-electron chi connectivity index (χ2n) is 7.94. The third-order valence-corrected chi connectivity index (χ3v) is 6.66. The van der Waals surface area contributed by atoms with Gasteiger partial charge in [-0.05, 0) is 58.9 Å². The first-order chi connectivity index (χ1) is 14.2. The number of nitrogens with zero attached hydrogens (tertiary/aromatic N) is 3. The van der Waals surface area contributed by atoms with Crippen molar-refractivity contribution in [3.8, 4) is 0 Å². The zero-order chi connectivity index (χ0) is 22.1. The number of guanidine groups is 1. The topological polar surface area (TPSA) is 110 Å². The van der Waals surface area contributed by atoms with Crippen LogP contribution in [0.3, 0.4) is 0 Å². The standard InChI is InChI=1S/C20H38N6O3S/c1-6-21-20(24-15(2)13-19-16(3)25-26(5)17(19)4)22-10-12-30(27,28)23-14-18-9-7-8-11-29-18/h15,18,23H,6-14H2,1-5H3,(H2,21,22,24). The van der Waals surface area contributed by atoms with Crippen molar-refractivity contribution in [3.63, 3.8) is 0 Å². The molecule has 30 heavy (non-hydrogen) atoms. The van der Waals surface area contributed by atoms with Crippen LogP contribution in [0.1, 0.15) is 50.1 Å². The Labute approximate surface area is 181 Å². The molecule has 1 aromatic rings. The second kappa shape index (κ2) is 11.7. The molecular weight excluding hydrogens is 404 g/mol. The van der Waals surface area contributed by atoms with E-state index in [9.17, 15) is 8.42 Å². The van der Waals surface area contributed by atoms with Crippen LogP contribution in [0.15, 0.2) is 4.99 Å². The van der Waals surface area contributed by atoms with Gasteiger partial charge in [-0.2, -0.15) is 5.10 Å². The summed E-state index contributed by atoms with van der Waals surface area (Å²) >= 11 is 0. The van der Waals surface area contributed by atoms with Gasteiger partial charge in [0.2, 0.25) is 10.0 Å². The van der Waals surface area contributed by atoms with Gasteiger partial charge >= 0.3 is 0 Å². The fraction of sp³-hybridized carbons (Fsp3) is 0.800. The van der Waals surface area contributed by atoms with E-state index in [0.29, 0.717) is 25.7 Å². The molecule has 2 rings (SSSR count). The molecule has 10 heteroatoms. The number of nitrogens with one attached hydrogen (secondary N) is 3. The maximum atomic E-state index is 12.3. The first-order valence-electron chi connectivity index (χ1n) is 10.8. The van der Waals surface area contributed by atoms with Gasteiger partial charge in [0.05, 0.1) is 24.1 Å². The summed E-state index contributed by atoms with van der Waals surface area (Å²) in [5.74, 6) is 0.570. The summed E-state index contributed by atoms with van der Waals surface area (Å²) in [5.41, 5.74) is 3.41. The Bertz CT molecular complexity index is 800. The highest BCUT2D eigenvalue weighted by Crippen LogP contribution is 2.14. The van der Waals surface area contributed by atoms with E-state index in [2.05, 4.69) is 39.3 Å². The summed E-state index contributed by atoms with van der Waals surface area (Å²) in [7, 11) is -1.43. The van der Waals surface area contributed by atoms with E-state index in [-0.39, 0.29) is 24.4 Å². The Morgan fingerprint density at radius 3 is 2.73 bits per heavy atom. The van der Waals surface area contributed by atoms with Gasteiger partial charge in [-0.3, -0.25) is 9.67 Å². The van der Waals surface area contributed by atoms with Crippen LogP contribution in [0.4, 0.5) is 0 Å². The van der Waals surface area contributed by atoms with Crippen LogP contribution in [-0.2, 0) is 28.2 Å². The number of sulfonamides is 1. The molecule has 0 radical (unpaired) electrons. The van der Waals surface area contributed by atoms with Gasteiger partial charge in [0.1, 0.15) is 0 Å². The molecule has 1 fully saturated rings. The molecule has 0 saturated carbocycles. The number of rotatable bonds is 10. The first-order valence-corrected chi connectivity index (χ1v) is 12.5. The molecule has 0 aromatic carbocycles. The minimum absolute atomic E-state index is 0.0174. The number of ether oxygens (including phenoxy) is 1. The Hall–Kier alpha value is -1.65. The molecule has 1 aromatic heterocycles. The molecule has 3 N–H and O–H groups in total. The highest BCUT2D eigenvalue weighted by atomic mass is 32.2. The molecule has 2 heterocycles. The quantitative estimate of drug-likeness (QED) is 0.369. The Morgan fingerprint density at radius 1 is 1.37 bits per heavy atom. The Balaban J connectivity index is 1.85. The lowest BCUT2D eigenvalue weighted by Gasteiger charge is -2.22.